The van der Waals surface area contributed by atoms with Gasteiger partial charge in [-0.1, -0.05) is 12.1 Å². The summed E-state index contributed by atoms with van der Waals surface area (Å²) in [6, 6.07) is 9.98. The van der Waals surface area contributed by atoms with Gasteiger partial charge in [0, 0.05) is 31.1 Å². The van der Waals surface area contributed by atoms with Gasteiger partial charge in [0.1, 0.15) is 17.2 Å². The molecule has 0 unspecified atom stereocenters. The number of benzene rings is 1. The summed E-state index contributed by atoms with van der Waals surface area (Å²) in [5.41, 5.74) is 0.411. The van der Waals surface area contributed by atoms with Crippen molar-refractivity contribution < 1.29 is 18.7 Å². The molecule has 1 aliphatic rings. The summed E-state index contributed by atoms with van der Waals surface area (Å²) < 4.78 is 19.0. The molecule has 0 radical (unpaired) electrons. The van der Waals surface area contributed by atoms with Gasteiger partial charge < -0.3 is 19.9 Å². The minimum Gasteiger partial charge on any atom is -0.444 e. The molecule has 3 rings (SSSR count). The predicted molar refractivity (Wildman–Crippen MR) is 120 cm³/mol. The molecular formula is C22H27FN4O3S. The number of piperazine rings is 1. The molecule has 0 atom stereocenters. The summed E-state index contributed by atoms with van der Waals surface area (Å²) >= 11 is 1.14. The second kappa shape index (κ2) is 10.00. The van der Waals surface area contributed by atoms with Crippen LogP contribution in [0.1, 0.15) is 20.8 Å². The number of amides is 2. The average Bonchev–Trinajstić information content (AvgIpc) is 2.73. The molecule has 0 bridgehead atoms. The molecule has 2 amide bonds. The topological polar surface area (TPSA) is 74.8 Å². The maximum Gasteiger partial charge on any atom is 0.410 e. The second-order valence-electron chi connectivity index (χ2n) is 8.12. The van der Waals surface area contributed by atoms with Crippen LogP contribution in [0.2, 0.25) is 0 Å². The van der Waals surface area contributed by atoms with E-state index in [0.717, 1.165) is 17.4 Å². The van der Waals surface area contributed by atoms with Crippen molar-refractivity contribution in [3.8, 4) is 0 Å². The van der Waals surface area contributed by atoms with Crippen LogP contribution in [-0.2, 0) is 9.53 Å². The van der Waals surface area contributed by atoms with Gasteiger partial charge in [0.05, 0.1) is 17.6 Å². The summed E-state index contributed by atoms with van der Waals surface area (Å²) in [4.78, 5) is 32.9. The second-order valence-corrected chi connectivity index (χ2v) is 9.14. The Labute approximate surface area is 186 Å². The van der Waals surface area contributed by atoms with Gasteiger partial charge in [0.15, 0.2) is 0 Å². The average molecular weight is 447 g/mol. The van der Waals surface area contributed by atoms with Crippen LogP contribution in [0.15, 0.2) is 47.5 Å². The number of hydrogen-bond acceptors (Lipinski definition) is 6. The quantitative estimate of drug-likeness (QED) is 0.700. The Hall–Kier alpha value is -2.81. The normalized spacial score (nSPS) is 14.3. The van der Waals surface area contributed by atoms with Crippen molar-refractivity contribution in [2.45, 2.75) is 31.3 Å². The number of halogens is 1. The number of anilines is 2. The molecule has 1 fully saturated rings. The number of rotatable bonds is 5. The number of carbonyl (C=O) groups is 2. The fourth-order valence-corrected chi connectivity index (χ4v) is 3.74. The van der Waals surface area contributed by atoms with Gasteiger partial charge in [-0.3, -0.25) is 4.79 Å². The fourth-order valence-electron chi connectivity index (χ4n) is 3.00. The zero-order valence-electron chi connectivity index (χ0n) is 17.9. The molecule has 1 N–H and O–H groups in total. The first-order valence-corrected chi connectivity index (χ1v) is 11.1. The zero-order valence-corrected chi connectivity index (χ0v) is 18.7. The first-order chi connectivity index (χ1) is 14.7. The van der Waals surface area contributed by atoms with Crippen molar-refractivity contribution in [3.63, 3.8) is 0 Å². The molecule has 1 aromatic carbocycles. The molecule has 2 aromatic rings. The lowest BCUT2D eigenvalue weighted by molar-refractivity contribution is -0.113. The molecule has 0 saturated carbocycles. The lowest BCUT2D eigenvalue weighted by atomic mass is 10.2. The standard InChI is InChI=1S/C22H27FN4O3S/c1-22(2,3)30-21(29)27-12-10-26(11-13-27)16-8-9-19(24-14-16)25-20(28)15-31-18-7-5-4-6-17(18)23/h4-9,14H,10-13,15H2,1-3H3,(H,24,25,28). The Morgan fingerprint density at radius 3 is 2.45 bits per heavy atom. The first-order valence-electron chi connectivity index (χ1n) is 10.1. The predicted octanol–water partition coefficient (Wildman–Crippen LogP) is 4.01. The minimum atomic E-state index is -0.508. The first kappa shape index (κ1) is 22.9. The summed E-state index contributed by atoms with van der Waals surface area (Å²) in [6.07, 6.45) is 1.40. The molecule has 1 aliphatic heterocycles. The maximum absolute atomic E-state index is 13.6. The van der Waals surface area contributed by atoms with Gasteiger partial charge >= 0.3 is 6.09 Å². The smallest absolute Gasteiger partial charge is 0.410 e. The maximum atomic E-state index is 13.6. The van der Waals surface area contributed by atoms with Crippen LogP contribution in [0.4, 0.5) is 20.7 Å². The van der Waals surface area contributed by atoms with E-state index in [0.29, 0.717) is 36.9 Å². The molecule has 166 valence electrons. The number of carbonyl (C=O) groups excluding carboxylic acids is 2. The molecule has 1 saturated heterocycles. The van der Waals surface area contributed by atoms with Crippen LogP contribution < -0.4 is 10.2 Å². The van der Waals surface area contributed by atoms with E-state index in [4.69, 9.17) is 4.74 Å². The number of ether oxygens (including phenoxy) is 1. The third-order valence-corrected chi connectivity index (χ3v) is 5.56. The third kappa shape index (κ3) is 6.85. The highest BCUT2D eigenvalue weighted by atomic mass is 32.2. The van der Waals surface area contributed by atoms with Gasteiger partial charge in [0.2, 0.25) is 5.91 Å². The summed E-state index contributed by atoms with van der Waals surface area (Å²) in [5.74, 6) is -0.0546. The van der Waals surface area contributed by atoms with E-state index in [1.165, 1.54) is 6.07 Å². The van der Waals surface area contributed by atoms with E-state index in [1.54, 1.807) is 35.4 Å². The van der Waals surface area contributed by atoms with E-state index in [2.05, 4.69) is 15.2 Å². The van der Waals surface area contributed by atoms with Gasteiger partial charge in [-0.15, -0.1) is 11.8 Å². The molecule has 31 heavy (non-hydrogen) atoms. The fraction of sp³-hybridized carbons (Fsp3) is 0.409. The molecule has 1 aromatic heterocycles. The van der Waals surface area contributed by atoms with Crippen LogP contribution in [0.3, 0.4) is 0 Å². The number of nitrogens with zero attached hydrogens (tertiary/aromatic N) is 3. The van der Waals surface area contributed by atoms with Crippen molar-refractivity contribution in [1.29, 1.82) is 0 Å². The SMILES string of the molecule is CC(C)(C)OC(=O)N1CCN(c2ccc(NC(=O)CSc3ccccc3F)nc2)CC1. The zero-order chi connectivity index (χ0) is 22.4. The molecule has 7 nitrogen and oxygen atoms in total. The van der Waals surface area contributed by atoms with Gasteiger partial charge in [-0.2, -0.15) is 0 Å². The Bertz CT molecular complexity index is 910. The van der Waals surface area contributed by atoms with Crippen molar-refractivity contribution in [2.75, 3.05) is 42.1 Å². The highest BCUT2D eigenvalue weighted by Crippen LogP contribution is 2.22. The Morgan fingerprint density at radius 2 is 1.84 bits per heavy atom. The van der Waals surface area contributed by atoms with E-state index in [9.17, 15) is 14.0 Å². The highest BCUT2D eigenvalue weighted by molar-refractivity contribution is 8.00. The van der Waals surface area contributed by atoms with Crippen molar-refractivity contribution in [3.05, 3.63) is 48.4 Å². The van der Waals surface area contributed by atoms with Crippen LogP contribution >= 0.6 is 11.8 Å². The summed E-state index contributed by atoms with van der Waals surface area (Å²) in [7, 11) is 0. The number of aromatic nitrogens is 1. The molecule has 9 heteroatoms. The minimum absolute atomic E-state index is 0.0942. The van der Waals surface area contributed by atoms with Gasteiger partial charge in [0.25, 0.3) is 0 Å². The van der Waals surface area contributed by atoms with Gasteiger partial charge in [-0.05, 0) is 45.0 Å². The van der Waals surface area contributed by atoms with Crippen molar-refractivity contribution in [1.82, 2.24) is 9.88 Å². The third-order valence-electron chi connectivity index (χ3n) is 4.51. The molecule has 0 aliphatic carbocycles. The number of thioether (sulfide) groups is 1. The van der Waals surface area contributed by atoms with Crippen LogP contribution in [-0.4, -0.2) is 59.4 Å². The van der Waals surface area contributed by atoms with E-state index < -0.39 is 5.60 Å². The van der Waals surface area contributed by atoms with Crippen LogP contribution in [0, 0.1) is 5.82 Å². The summed E-state index contributed by atoms with van der Waals surface area (Å²) in [6.45, 7) is 8.04. The number of hydrogen-bond donors (Lipinski definition) is 1. The lowest BCUT2D eigenvalue weighted by Gasteiger charge is -2.36. The van der Waals surface area contributed by atoms with E-state index in [1.807, 2.05) is 26.8 Å². The lowest BCUT2D eigenvalue weighted by Crippen LogP contribution is -2.50. The molecule has 2 heterocycles. The monoisotopic (exact) mass is 446 g/mol. The summed E-state index contributed by atoms with van der Waals surface area (Å²) in [5, 5.41) is 2.72. The molecule has 0 spiro atoms. The Morgan fingerprint density at radius 1 is 1.13 bits per heavy atom. The van der Waals surface area contributed by atoms with Crippen molar-refractivity contribution in [2.24, 2.45) is 0 Å². The Kier molecular flexibility index (Phi) is 7.37. The number of pyridine rings is 1. The van der Waals surface area contributed by atoms with Crippen LogP contribution in [0.25, 0.3) is 0 Å². The van der Waals surface area contributed by atoms with Crippen LogP contribution in [0.5, 0.6) is 0 Å². The molecular weight excluding hydrogens is 419 g/mol. The van der Waals surface area contributed by atoms with Gasteiger partial charge in [-0.25, -0.2) is 14.2 Å². The van der Waals surface area contributed by atoms with E-state index in [-0.39, 0.29) is 23.6 Å². The highest BCUT2D eigenvalue weighted by Gasteiger charge is 2.26. The van der Waals surface area contributed by atoms with Crippen molar-refractivity contribution >= 4 is 35.3 Å². The Balaban J connectivity index is 1.46. The number of nitrogens with one attached hydrogen (secondary N) is 1. The van der Waals surface area contributed by atoms with E-state index >= 15 is 0 Å². The largest absolute Gasteiger partial charge is 0.444 e.